The quantitative estimate of drug-likeness (QED) is 0.465. The summed E-state index contributed by atoms with van der Waals surface area (Å²) in [7, 11) is -1.000. The third kappa shape index (κ3) is 3.88. The molecular formula is C26H26FN5O2S. The maximum Gasteiger partial charge on any atom is 0.162 e. The molecule has 4 heterocycles. The molecule has 180 valence electrons. The number of halogens is 1. The van der Waals surface area contributed by atoms with Crippen LogP contribution in [0.4, 0.5) is 15.9 Å². The van der Waals surface area contributed by atoms with Gasteiger partial charge in [-0.2, -0.15) is 0 Å². The molecule has 7 nitrogen and oxygen atoms in total. The summed E-state index contributed by atoms with van der Waals surface area (Å²) < 4.78 is 32.0. The number of H-pyrrole nitrogens is 1. The number of morpholine rings is 1. The Morgan fingerprint density at radius 2 is 2.06 bits per heavy atom. The van der Waals surface area contributed by atoms with Crippen LogP contribution in [0.3, 0.4) is 0 Å². The van der Waals surface area contributed by atoms with Crippen molar-refractivity contribution in [2.45, 2.75) is 24.4 Å². The summed E-state index contributed by atoms with van der Waals surface area (Å²) in [4.78, 5) is 18.2. The Morgan fingerprint density at radius 1 is 1.23 bits per heavy atom. The number of hydrogen-bond acceptors (Lipinski definition) is 6. The van der Waals surface area contributed by atoms with Crippen LogP contribution in [0.15, 0.2) is 53.7 Å². The van der Waals surface area contributed by atoms with Gasteiger partial charge in [-0.1, -0.05) is 12.1 Å². The summed E-state index contributed by atoms with van der Waals surface area (Å²) in [6.07, 6.45) is 5.39. The first-order chi connectivity index (χ1) is 17.0. The van der Waals surface area contributed by atoms with Gasteiger partial charge in [0, 0.05) is 58.7 Å². The van der Waals surface area contributed by atoms with Crippen LogP contribution in [0.2, 0.25) is 0 Å². The van der Waals surface area contributed by atoms with Crippen molar-refractivity contribution in [2.75, 3.05) is 42.4 Å². The topological polar surface area (TPSA) is 74.4 Å². The number of aromatic nitrogens is 3. The number of benzene rings is 2. The van der Waals surface area contributed by atoms with Gasteiger partial charge < -0.3 is 19.5 Å². The molecule has 0 saturated carbocycles. The molecule has 2 aromatic carbocycles. The third-order valence-corrected chi connectivity index (χ3v) is 7.81. The molecule has 0 amide bonds. The average molecular weight is 492 g/mol. The first-order valence-corrected chi connectivity index (χ1v) is 13.2. The molecular weight excluding hydrogens is 465 g/mol. The normalized spacial score (nSPS) is 18.4. The van der Waals surface area contributed by atoms with Crippen LogP contribution in [-0.2, 0) is 22.1 Å². The molecule has 2 aliphatic rings. The van der Waals surface area contributed by atoms with Crippen LogP contribution < -0.4 is 9.80 Å². The van der Waals surface area contributed by atoms with E-state index in [0.29, 0.717) is 31.1 Å². The molecule has 0 radical (unpaired) electrons. The van der Waals surface area contributed by atoms with Crippen LogP contribution in [0.1, 0.15) is 11.1 Å². The fourth-order valence-electron chi connectivity index (χ4n) is 5.09. The fraction of sp³-hybridized carbons (Fsp3) is 0.308. The Morgan fingerprint density at radius 3 is 2.86 bits per heavy atom. The number of nitrogens with zero attached hydrogens (tertiary/aromatic N) is 4. The van der Waals surface area contributed by atoms with Crippen LogP contribution >= 0.6 is 0 Å². The van der Waals surface area contributed by atoms with Gasteiger partial charge in [0.15, 0.2) is 11.6 Å². The van der Waals surface area contributed by atoms with Gasteiger partial charge in [-0.3, -0.25) is 4.21 Å². The van der Waals surface area contributed by atoms with Gasteiger partial charge in [0.2, 0.25) is 0 Å². The van der Waals surface area contributed by atoms with Crippen molar-refractivity contribution < 1.29 is 13.3 Å². The number of fused-ring (bicyclic) bond motifs is 4. The molecule has 2 unspecified atom stereocenters. The molecule has 1 saturated heterocycles. The summed E-state index contributed by atoms with van der Waals surface area (Å²) in [5.74, 6) is 1.18. The second-order valence-corrected chi connectivity index (χ2v) is 10.5. The molecule has 2 atom stereocenters. The highest BCUT2D eigenvalue weighted by atomic mass is 32.2. The molecule has 4 aromatic rings. The number of aryl methyl sites for hydroxylation is 1. The Balaban J connectivity index is 1.42. The summed E-state index contributed by atoms with van der Waals surface area (Å²) in [5.41, 5.74) is 4.34. The van der Waals surface area contributed by atoms with Gasteiger partial charge in [0.05, 0.1) is 36.7 Å². The summed E-state index contributed by atoms with van der Waals surface area (Å²) in [6, 6.07) is 11.3. The van der Waals surface area contributed by atoms with Crippen molar-refractivity contribution in [3.63, 3.8) is 0 Å². The van der Waals surface area contributed by atoms with Crippen LogP contribution in [0, 0.1) is 12.7 Å². The van der Waals surface area contributed by atoms with Crippen molar-refractivity contribution in [3.05, 3.63) is 65.7 Å². The Hall–Kier alpha value is -3.30. The molecule has 2 aliphatic heterocycles. The van der Waals surface area contributed by atoms with Crippen molar-refractivity contribution >= 4 is 33.2 Å². The zero-order valence-electron chi connectivity index (χ0n) is 19.6. The minimum Gasteiger partial charge on any atom is -0.377 e. The van der Waals surface area contributed by atoms with Gasteiger partial charge in [-0.15, -0.1) is 0 Å². The number of aromatic amines is 1. The average Bonchev–Trinajstić information content (AvgIpc) is 3.27. The molecule has 0 aliphatic carbocycles. The highest BCUT2D eigenvalue weighted by Gasteiger charge is 2.35. The van der Waals surface area contributed by atoms with Crippen molar-refractivity contribution in [3.8, 4) is 11.4 Å². The van der Waals surface area contributed by atoms with Crippen LogP contribution in [0.5, 0.6) is 0 Å². The smallest absolute Gasteiger partial charge is 0.162 e. The number of anilines is 2. The van der Waals surface area contributed by atoms with E-state index in [-0.39, 0.29) is 11.9 Å². The predicted molar refractivity (Wildman–Crippen MR) is 136 cm³/mol. The maximum atomic E-state index is 14.4. The molecule has 2 aromatic heterocycles. The van der Waals surface area contributed by atoms with E-state index in [1.807, 2.05) is 43.6 Å². The van der Waals surface area contributed by atoms with Crippen molar-refractivity contribution in [2.24, 2.45) is 0 Å². The molecule has 6 rings (SSSR count). The molecule has 0 bridgehead atoms. The van der Waals surface area contributed by atoms with E-state index in [1.165, 1.54) is 6.07 Å². The lowest BCUT2D eigenvalue weighted by atomic mass is 10.1. The Kier molecular flexibility index (Phi) is 5.53. The van der Waals surface area contributed by atoms with Gasteiger partial charge in [0.25, 0.3) is 0 Å². The maximum absolute atomic E-state index is 14.4. The number of rotatable bonds is 4. The first-order valence-electron chi connectivity index (χ1n) is 11.6. The predicted octanol–water partition coefficient (Wildman–Crippen LogP) is 4.04. The van der Waals surface area contributed by atoms with Crippen molar-refractivity contribution in [1.82, 2.24) is 15.0 Å². The minimum atomic E-state index is -1.000. The van der Waals surface area contributed by atoms with Gasteiger partial charge >= 0.3 is 0 Å². The van der Waals surface area contributed by atoms with E-state index in [0.717, 1.165) is 51.6 Å². The van der Waals surface area contributed by atoms with Crippen LogP contribution in [0.25, 0.3) is 22.3 Å². The second kappa shape index (κ2) is 8.73. The molecule has 1 N–H and O–H groups in total. The standard InChI is InChI=1S/C26H26FN5O2S/c1-16-11-28-24-21(27)8-7-20(23(16)24)25-29-12-22-26(30-25)32-9-10-34-15-18(32)14-31(22)13-17-3-5-19(6-4-17)35(2)33/h3-8,11-12,18,28H,9-10,13-15H2,1-2H3. The molecule has 9 heteroatoms. The third-order valence-electron chi connectivity index (χ3n) is 6.87. The lowest BCUT2D eigenvalue weighted by Gasteiger charge is -2.45. The molecule has 35 heavy (non-hydrogen) atoms. The Bertz CT molecular complexity index is 1440. The van der Waals surface area contributed by atoms with E-state index in [2.05, 4.69) is 14.8 Å². The minimum absolute atomic E-state index is 0.184. The highest BCUT2D eigenvalue weighted by Crippen LogP contribution is 2.38. The van der Waals surface area contributed by atoms with Gasteiger partial charge in [-0.25, -0.2) is 14.4 Å². The van der Waals surface area contributed by atoms with E-state index < -0.39 is 10.8 Å². The van der Waals surface area contributed by atoms with Crippen LogP contribution in [-0.4, -0.2) is 57.8 Å². The first kappa shape index (κ1) is 22.2. The van der Waals surface area contributed by atoms with E-state index in [9.17, 15) is 8.60 Å². The lowest BCUT2D eigenvalue weighted by Crippen LogP contribution is -2.55. The highest BCUT2D eigenvalue weighted by molar-refractivity contribution is 7.84. The van der Waals surface area contributed by atoms with Crippen molar-refractivity contribution in [1.29, 1.82) is 0 Å². The fourth-order valence-corrected chi connectivity index (χ4v) is 5.61. The summed E-state index contributed by atoms with van der Waals surface area (Å²) in [5, 5.41) is 0.810. The zero-order valence-corrected chi connectivity index (χ0v) is 20.4. The number of ether oxygens (including phenoxy) is 1. The second-order valence-electron chi connectivity index (χ2n) is 9.12. The molecule has 0 spiro atoms. The number of nitrogens with one attached hydrogen (secondary N) is 1. The number of hydrogen-bond donors (Lipinski definition) is 1. The monoisotopic (exact) mass is 491 g/mol. The van der Waals surface area contributed by atoms with Gasteiger partial charge in [0.1, 0.15) is 5.82 Å². The summed E-state index contributed by atoms with van der Waals surface area (Å²) >= 11 is 0. The van der Waals surface area contributed by atoms with E-state index in [4.69, 9.17) is 14.7 Å². The molecule has 1 fully saturated rings. The van der Waals surface area contributed by atoms with Gasteiger partial charge in [-0.05, 0) is 42.3 Å². The SMILES string of the molecule is Cc1c[nH]c2c(F)ccc(-c3ncc4c(n3)N3CCOCC3CN4Cc3ccc(S(C)=O)cc3)c12. The lowest BCUT2D eigenvalue weighted by molar-refractivity contribution is 0.0936. The summed E-state index contributed by atoms with van der Waals surface area (Å²) in [6.45, 7) is 5.51. The zero-order chi connectivity index (χ0) is 24.1. The van der Waals surface area contributed by atoms with E-state index >= 15 is 0 Å². The largest absolute Gasteiger partial charge is 0.377 e. The van der Waals surface area contributed by atoms with E-state index in [1.54, 1.807) is 12.3 Å². The Labute approximate surface area is 205 Å².